The van der Waals surface area contributed by atoms with Gasteiger partial charge in [-0.25, -0.2) is 0 Å². The van der Waals surface area contributed by atoms with Gasteiger partial charge in [-0.2, -0.15) is 5.10 Å². The minimum Gasteiger partial charge on any atom is -0.294 e. The van der Waals surface area contributed by atoms with Crippen molar-refractivity contribution >= 4 is 11.6 Å². The Morgan fingerprint density at radius 3 is 2.30 bits per heavy atom. The van der Waals surface area contributed by atoms with Crippen LogP contribution in [-0.4, -0.2) is 21.3 Å². The summed E-state index contributed by atoms with van der Waals surface area (Å²) < 4.78 is 1.55. The number of aromatic nitrogens is 2. The van der Waals surface area contributed by atoms with Crippen molar-refractivity contribution in [1.82, 2.24) is 9.78 Å². The molecule has 4 heteroatoms. The van der Waals surface area contributed by atoms with Crippen LogP contribution in [0.1, 0.15) is 46.0 Å². The molecule has 0 atom stereocenters. The number of carbonyl (C=O) groups excluding carboxylic acids is 2. The van der Waals surface area contributed by atoms with Crippen LogP contribution in [-0.2, 0) is 13.5 Å². The highest BCUT2D eigenvalue weighted by molar-refractivity contribution is 6.13. The van der Waals surface area contributed by atoms with Crippen molar-refractivity contribution < 1.29 is 9.59 Å². The Balaban J connectivity index is 2.02. The zero-order valence-corrected chi connectivity index (χ0v) is 11.8. The van der Waals surface area contributed by atoms with Gasteiger partial charge >= 0.3 is 0 Å². The van der Waals surface area contributed by atoms with E-state index < -0.39 is 0 Å². The molecule has 0 spiro atoms. The predicted octanol–water partition coefficient (Wildman–Crippen LogP) is 2.83. The summed E-state index contributed by atoms with van der Waals surface area (Å²) in [5.74, 6) is -0.345. The number of Topliss-reactive ketones (excluding diaryl/α,β-unsaturated/α-hetero) is 2. The first kappa shape index (κ1) is 14.2. The van der Waals surface area contributed by atoms with Gasteiger partial charge in [-0.05, 0) is 12.0 Å². The lowest BCUT2D eigenvalue weighted by molar-refractivity contribution is 0.0894. The monoisotopic (exact) mass is 270 g/mol. The van der Waals surface area contributed by atoms with Crippen LogP contribution < -0.4 is 0 Å². The molecule has 2 aromatic rings. The number of benzene rings is 1. The fourth-order valence-electron chi connectivity index (χ4n) is 2.06. The lowest BCUT2D eigenvalue weighted by atomic mass is 10.0. The number of carbonyl (C=O) groups is 2. The molecule has 1 aromatic heterocycles. The molecule has 0 aliphatic carbocycles. The van der Waals surface area contributed by atoms with Gasteiger partial charge in [-0.3, -0.25) is 14.3 Å². The molecule has 20 heavy (non-hydrogen) atoms. The third kappa shape index (κ3) is 3.41. The third-order valence-corrected chi connectivity index (χ3v) is 3.16. The van der Waals surface area contributed by atoms with Gasteiger partial charge < -0.3 is 0 Å². The Morgan fingerprint density at radius 1 is 1.10 bits per heavy atom. The van der Waals surface area contributed by atoms with Crippen molar-refractivity contribution in [3.63, 3.8) is 0 Å². The topological polar surface area (TPSA) is 52.0 Å². The van der Waals surface area contributed by atoms with E-state index in [4.69, 9.17) is 0 Å². The van der Waals surface area contributed by atoms with Crippen LogP contribution in [0.3, 0.4) is 0 Å². The number of aryl methyl sites for hydroxylation is 2. The van der Waals surface area contributed by atoms with Gasteiger partial charge in [0.05, 0.1) is 18.2 Å². The van der Waals surface area contributed by atoms with Crippen molar-refractivity contribution in [2.24, 2.45) is 7.05 Å². The fourth-order valence-corrected chi connectivity index (χ4v) is 2.06. The first-order valence-electron chi connectivity index (χ1n) is 6.74. The molecule has 0 aliphatic heterocycles. The highest BCUT2D eigenvalue weighted by Crippen LogP contribution is 2.11. The standard InChI is InChI=1S/C16H18N2O2/c1-3-4-12-5-7-13(8-6-12)15(19)9-16(20)14-10-17-18(2)11-14/h5-8,10-11H,3-4,9H2,1-2H3. The molecule has 104 valence electrons. The number of hydrogen-bond donors (Lipinski definition) is 0. The van der Waals surface area contributed by atoms with E-state index in [9.17, 15) is 9.59 Å². The number of rotatable bonds is 6. The molecule has 0 saturated carbocycles. The van der Waals surface area contributed by atoms with Crippen LogP contribution in [0.4, 0.5) is 0 Å². The van der Waals surface area contributed by atoms with Crippen LogP contribution in [0.2, 0.25) is 0 Å². The lowest BCUT2D eigenvalue weighted by Crippen LogP contribution is -2.08. The molecule has 0 unspecified atom stereocenters. The molecule has 1 heterocycles. The first-order valence-corrected chi connectivity index (χ1v) is 6.74. The zero-order chi connectivity index (χ0) is 14.5. The van der Waals surface area contributed by atoms with Gasteiger partial charge in [0.25, 0.3) is 0 Å². The van der Waals surface area contributed by atoms with Crippen molar-refractivity contribution in [1.29, 1.82) is 0 Å². The molecule has 0 aliphatic rings. The summed E-state index contributed by atoms with van der Waals surface area (Å²) in [5, 5.41) is 3.93. The van der Waals surface area contributed by atoms with E-state index in [1.807, 2.05) is 12.1 Å². The summed E-state index contributed by atoms with van der Waals surface area (Å²) in [6.07, 6.45) is 5.08. The minimum absolute atomic E-state index is 0.112. The van der Waals surface area contributed by atoms with E-state index in [-0.39, 0.29) is 18.0 Å². The van der Waals surface area contributed by atoms with E-state index in [0.717, 1.165) is 12.8 Å². The fraction of sp³-hybridized carbons (Fsp3) is 0.312. The maximum Gasteiger partial charge on any atom is 0.173 e. The third-order valence-electron chi connectivity index (χ3n) is 3.16. The summed E-state index contributed by atoms with van der Waals surface area (Å²) in [4.78, 5) is 24.0. The Morgan fingerprint density at radius 2 is 1.75 bits per heavy atom. The highest BCUT2D eigenvalue weighted by atomic mass is 16.1. The molecule has 1 aromatic carbocycles. The second kappa shape index (κ2) is 6.28. The van der Waals surface area contributed by atoms with E-state index >= 15 is 0 Å². The van der Waals surface area contributed by atoms with E-state index in [1.54, 1.807) is 30.1 Å². The maximum atomic E-state index is 12.1. The summed E-state index contributed by atoms with van der Waals surface area (Å²) >= 11 is 0. The highest BCUT2D eigenvalue weighted by Gasteiger charge is 2.14. The van der Waals surface area contributed by atoms with Gasteiger partial charge in [-0.1, -0.05) is 37.6 Å². The van der Waals surface area contributed by atoms with Crippen LogP contribution in [0.5, 0.6) is 0 Å². The van der Waals surface area contributed by atoms with E-state index in [2.05, 4.69) is 12.0 Å². The van der Waals surface area contributed by atoms with Crippen molar-refractivity contribution in [3.8, 4) is 0 Å². The Kier molecular flexibility index (Phi) is 4.45. The summed E-state index contributed by atoms with van der Waals surface area (Å²) in [7, 11) is 1.74. The van der Waals surface area contributed by atoms with Gasteiger partial charge in [0.1, 0.15) is 0 Å². The number of nitrogens with zero attached hydrogens (tertiary/aromatic N) is 2. The molecule has 0 saturated heterocycles. The average molecular weight is 270 g/mol. The number of ketones is 2. The smallest absolute Gasteiger partial charge is 0.173 e. The van der Waals surface area contributed by atoms with Crippen LogP contribution in [0, 0.1) is 0 Å². The normalized spacial score (nSPS) is 10.5. The second-order valence-corrected chi connectivity index (χ2v) is 4.87. The van der Waals surface area contributed by atoms with Crippen molar-refractivity contribution in [2.75, 3.05) is 0 Å². The molecule has 0 radical (unpaired) electrons. The predicted molar refractivity (Wildman–Crippen MR) is 76.9 cm³/mol. The quantitative estimate of drug-likeness (QED) is 0.599. The van der Waals surface area contributed by atoms with Gasteiger partial charge in [0.15, 0.2) is 11.6 Å². The Hall–Kier alpha value is -2.23. The average Bonchev–Trinajstić information content (AvgIpc) is 2.86. The van der Waals surface area contributed by atoms with Gasteiger partial charge in [0, 0.05) is 18.8 Å². The van der Waals surface area contributed by atoms with E-state index in [0.29, 0.717) is 11.1 Å². The maximum absolute atomic E-state index is 12.1. The molecule has 4 nitrogen and oxygen atoms in total. The van der Waals surface area contributed by atoms with Crippen LogP contribution in [0.15, 0.2) is 36.7 Å². The molecular formula is C16H18N2O2. The summed E-state index contributed by atoms with van der Waals surface area (Å²) in [5.41, 5.74) is 2.27. The first-order chi connectivity index (χ1) is 9.60. The Labute approximate surface area is 118 Å². The molecule has 0 fully saturated rings. The summed E-state index contributed by atoms with van der Waals surface area (Å²) in [6, 6.07) is 7.49. The Bertz CT molecular complexity index is 612. The molecular weight excluding hydrogens is 252 g/mol. The zero-order valence-electron chi connectivity index (χ0n) is 11.8. The van der Waals surface area contributed by atoms with Gasteiger partial charge in [0.2, 0.25) is 0 Å². The lowest BCUT2D eigenvalue weighted by Gasteiger charge is -2.02. The van der Waals surface area contributed by atoms with E-state index in [1.165, 1.54) is 11.8 Å². The van der Waals surface area contributed by atoms with Crippen LogP contribution >= 0.6 is 0 Å². The largest absolute Gasteiger partial charge is 0.294 e. The van der Waals surface area contributed by atoms with Crippen molar-refractivity contribution in [2.45, 2.75) is 26.2 Å². The number of hydrogen-bond acceptors (Lipinski definition) is 3. The summed E-state index contributed by atoms with van der Waals surface area (Å²) in [6.45, 7) is 2.12. The molecule has 0 N–H and O–H groups in total. The van der Waals surface area contributed by atoms with Gasteiger partial charge in [-0.15, -0.1) is 0 Å². The molecule has 0 bridgehead atoms. The second-order valence-electron chi connectivity index (χ2n) is 4.87. The minimum atomic E-state index is -0.194. The SMILES string of the molecule is CCCc1ccc(C(=O)CC(=O)c2cnn(C)c2)cc1. The van der Waals surface area contributed by atoms with Crippen LogP contribution in [0.25, 0.3) is 0 Å². The molecule has 0 amide bonds. The van der Waals surface area contributed by atoms with Crippen molar-refractivity contribution in [3.05, 3.63) is 53.3 Å². The molecule has 2 rings (SSSR count).